The molecule has 2 amide bonds. The Balaban J connectivity index is 1.29. The second kappa shape index (κ2) is 9.90. The van der Waals surface area contributed by atoms with Crippen molar-refractivity contribution >= 4 is 23.2 Å². The molecule has 1 saturated heterocycles. The predicted molar refractivity (Wildman–Crippen MR) is 128 cm³/mol. The average molecular weight is 496 g/mol. The Hall–Kier alpha value is -4.06. The van der Waals surface area contributed by atoms with Gasteiger partial charge in [0.05, 0.1) is 24.0 Å². The lowest BCUT2D eigenvalue weighted by Crippen LogP contribution is -2.49. The highest BCUT2D eigenvalue weighted by Gasteiger charge is 2.34. The molecule has 36 heavy (non-hydrogen) atoms. The van der Waals surface area contributed by atoms with E-state index in [4.69, 9.17) is 9.47 Å². The number of hydrogen-bond donors (Lipinski definition) is 1. The standard InChI is InChI=1S/C24H26FN7O4/c1-30-20-11-19(31-9-8-16(13-31)35-2)17(25)10-21(20)36-14-18(24(30)34)26-23(33)22-27-29-32(28-22)12-15-6-4-3-5-7-15/h3-7,10-11,16,18H,8-9,12-14H2,1-2H3,(H,26,33)/t16-,18-/m0/s1. The second-order valence-corrected chi connectivity index (χ2v) is 8.73. The number of halogens is 1. The molecule has 2 aliphatic rings. The van der Waals surface area contributed by atoms with Gasteiger partial charge in [-0.1, -0.05) is 30.3 Å². The molecule has 0 radical (unpaired) electrons. The van der Waals surface area contributed by atoms with Gasteiger partial charge >= 0.3 is 0 Å². The van der Waals surface area contributed by atoms with E-state index in [0.29, 0.717) is 31.0 Å². The molecule has 0 spiro atoms. The molecule has 1 N–H and O–H groups in total. The third-order valence-electron chi connectivity index (χ3n) is 6.37. The Morgan fingerprint density at radius 1 is 1.25 bits per heavy atom. The average Bonchev–Trinajstić information content (AvgIpc) is 3.54. The second-order valence-electron chi connectivity index (χ2n) is 8.73. The van der Waals surface area contributed by atoms with Crippen LogP contribution >= 0.6 is 0 Å². The summed E-state index contributed by atoms with van der Waals surface area (Å²) in [6.45, 7) is 1.37. The van der Waals surface area contributed by atoms with Crippen molar-refractivity contribution in [3.05, 3.63) is 59.7 Å². The number of tetrazole rings is 1. The molecule has 0 unspecified atom stereocenters. The summed E-state index contributed by atoms with van der Waals surface area (Å²) in [5, 5.41) is 14.4. The Bertz CT molecular complexity index is 1270. The highest BCUT2D eigenvalue weighted by atomic mass is 19.1. The van der Waals surface area contributed by atoms with Crippen molar-refractivity contribution in [2.24, 2.45) is 0 Å². The molecule has 0 bridgehead atoms. The Morgan fingerprint density at radius 2 is 2.06 bits per heavy atom. The minimum absolute atomic E-state index is 0.0256. The Morgan fingerprint density at radius 3 is 2.81 bits per heavy atom. The number of nitrogens with zero attached hydrogens (tertiary/aromatic N) is 6. The van der Waals surface area contributed by atoms with Crippen molar-refractivity contribution in [1.82, 2.24) is 25.5 Å². The van der Waals surface area contributed by atoms with Crippen molar-refractivity contribution in [1.29, 1.82) is 0 Å². The fraction of sp³-hybridized carbons (Fsp3) is 0.375. The molecule has 3 aromatic rings. The topological polar surface area (TPSA) is 115 Å². The first-order valence-corrected chi connectivity index (χ1v) is 11.6. The first-order chi connectivity index (χ1) is 17.4. The van der Waals surface area contributed by atoms with Gasteiger partial charge in [0.15, 0.2) is 0 Å². The largest absolute Gasteiger partial charge is 0.489 e. The number of ether oxygens (including phenoxy) is 2. The quantitative estimate of drug-likeness (QED) is 0.543. The number of anilines is 2. The molecule has 0 aliphatic carbocycles. The lowest BCUT2D eigenvalue weighted by Gasteiger charge is -2.24. The minimum atomic E-state index is -1.02. The summed E-state index contributed by atoms with van der Waals surface area (Å²) in [4.78, 5) is 30.5. The highest BCUT2D eigenvalue weighted by Crippen LogP contribution is 2.37. The van der Waals surface area contributed by atoms with Crippen LogP contribution in [0.25, 0.3) is 0 Å². The summed E-state index contributed by atoms with van der Waals surface area (Å²) < 4.78 is 26.1. The molecule has 3 heterocycles. The molecule has 1 fully saturated rings. The van der Waals surface area contributed by atoms with E-state index in [9.17, 15) is 14.0 Å². The molecule has 11 nitrogen and oxygen atoms in total. The van der Waals surface area contributed by atoms with Crippen LogP contribution in [0.1, 0.15) is 22.6 Å². The van der Waals surface area contributed by atoms with Crippen LogP contribution in [0.2, 0.25) is 0 Å². The van der Waals surface area contributed by atoms with Crippen LogP contribution in [-0.2, 0) is 16.1 Å². The lowest BCUT2D eigenvalue weighted by molar-refractivity contribution is -0.120. The van der Waals surface area contributed by atoms with Crippen molar-refractivity contribution in [2.45, 2.75) is 25.1 Å². The van der Waals surface area contributed by atoms with Gasteiger partial charge in [0.25, 0.3) is 17.6 Å². The number of rotatable bonds is 6. The Labute approximate surface area is 206 Å². The molecule has 5 rings (SSSR count). The zero-order valence-electron chi connectivity index (χ0n) is 19.9. The number of carbonyl (C=O) groups is 2. The maximum absolute atomic E-state index is 14.9. The van der Waals surface area contributed by atoms with Crippen molar-refractivity contribution in [3.8, 4) is 5.75 Å². The summed E-state index contributed by atoms with van der Waals surface area (Å²) in [7, 11) is 3.20. The molecule has 1 aromatic heterocycles. The van der Waals surface area contributed by atoms with Crippen LogP contribution in [0.3, 0.4) is 0 Å². The van der Waals surface area contributed by atoms with E-state index in [1.807, 2.05) is 35.2 Å². The van der Waals surface area contributed by atoms with Crippen LogP contribution in [0, 0.1) is 5.82 Å². The monoisotopic (exact) mass is 495 g/mol. The van der Waals surface area contributed by atoms with Gasteiger partial charge in [-0.25, -0.2) is 4.39 Å². The van der Waals surface area contributed by atoms with Crippen molar-refractivity contribution < 1.29 is 23.5 Å². The summed E-state index contributed by atoms with van der Waals surface area (Å²) >= 11 is 0. The van der Waals surface area contributed by atoms with Gasteiger partial charge in [-0.3, -0.25) is 9.59 Å². The van der Waals surface area contributed by atoms with E-state index >= 15 is 0 Å². The number of methoxy groups -OCH3 is 1. The van der Waals surface area contributed by atoms with E-state index in [-0.39, 0.29) is 24.3 Å². The number of benzene rings is 2. The molecular formula is C24H26FN7O4. The van der Waals surface area contributed by atoms with Crippen LogP contribution in [-0.4, -0.2) is 78.0 Å². The van der Waals surface area contributed by atoms with Crippen LogP contribution in [0.15, 0.2) is 42.5 Å². The third-order valence-corrected chi connectivity index (χ3v) is 6.37. The zero-order chi connectivity index (χ0) is 25.2. The van der Waals surface area contributed by atoms with E-state index < -0.39 is 23.7 Å². The smallest absolute Gasteiger partial charge is 0.293 e. The van der Waals surface area contributed by atoms with Crippen molar-refractivity contribution in [2.75, 3.05) is 43.7 Å². The van der Waals surface area contributed by atoms with E-state index in [1.165, 1.54) is 15.8 Å². The first-order valence-electron chi connectivity index (χ1n) is 11.6. The lowest BCUT2D eigenvalue weighted by atomic mass is 10.2. The van der Waals surface area contributed by atoms with Crippen molar-refractivity contribution in [3.63, 3.8) is 0 Å². The number of nitrogens with one attached hydrogen (secondary N) is 1. The molecule has 2 aliphatic heterocycles. The maximum atomic E-state index is 14.9. The minimum Gasteiger partial charge on any atom is -0.489 e. The molecular weight excluding hydrogens is 469 g/mol. The van der Waals surface area contributed by atoms with Crippen LogP contribution in [0.4, 0.5) is 15.8 Å². The summed E-state index contributed by atoms with van der Waals surface area (Å²) in [5.74, 6) is -1.47. The van der Waals surface area contributed by atoms with E-state index in [1.54, 1.807) is 20.2 Å². The summed E-state index contributed by atoms with van der Waals surface area (Å²) in [6.07, 6.45) is 0.814. The molecule has 0 saturated carbocycles. The maximum Gasteiger partial charge on any atom is 0.293 e. The first kappa shape index (κ1) is 23.7. The van der Waals surface area contributed by atoms with E-state index in [0.717, 1.165) is 12.0 Å². The summed E-state index contributed by atoms with van der Waals surface area (Å²) in [5.41, 5.74) is 1.74. The molecule has 188 valence electrons. The summed E-state index contributed by atoms with van der Waals surface area (Å²) in [6, 6.07) is 11.4. The number of carbonyl (C=O) groups excluding carboxylic acids is 2. The number of amides is 2. The SMILES string of the molecule is CO[C@H]1CCN(c2cc3c(cc2F)OC[C@H](NC(=O)c2nnn(Cc4ccccc4)n2)C(=O)N3C)C1. The Kier molecular flexibility index (Phi) is 6.51. The van der Waals surface area contributed by atoms with Gasteiger partial charge < -0.3 is 24.6 Å². The van der Waals surface area contributed by atoms with Crippen LogP contribution < -0.4 is 19.9 Å². The molecule has 12 heteroatoms. The fourth-order valence-corrected chi connectivity index (χ4v) is 4.36. The number of likely N-dealkylation sites (N-methyl/N-ethyl adjacent to an activating group) is 1. The predicted octanol–water partition coefficient (Wildman–Crippen LogP) is 1.24. The molecule has 2 aromatic carbocycles. The van der Waals surface area contributed by atoms with E-state index in [2.05, 4.69) is 20.7 Å². The number of hydrogen-bond acceptors (Lipinski definition) is 8. The van der Waals surface area contributed by atoms with Gasteiger partial charge in [0.2, 0.25) is 0 Å². The van der Waals surface area contributed by atoms with Crippen LogP contribution in [0.5, 0.6) is 5.75 Å². The number of aromatic nitrogens is 4. The third kappa shape index (κ3) is 4.71. The number of fused-ring (bicyclic) bond motifs is 1. The highest BCUT2D eigenvalue weighted by molar-refractivity contribution is 6.02. The van der Waals surface area contributed by atoms with Gasteiger partial charge in [0, 0.05) is 33.3 Å². The fourth-order valence-electron chi connectivity index (χ4n) is 4.36. The van der Waals surface area contributed by atoms with Gasteiger partial charge in [0.1, 0.15) is 24.2 Å². The molecule has 2 atom stereocenters. The normalized spacial score (nSPS) is 19.6. The van der Waals surface area contributed by atoms with Gasteiger partial charge in [-0.05, 0) is 23.3 Å². The zero-order valence-corrected chi connectivity index (χ0v) is 19.9. The van der Waals surface area contributed by atoms with Gasteiger partial charge in [-0.15, -0.1) is 10.2 Å². The van der Waals surface area contributed by atoms with Gasteiger partial charge in [-0.2, -0.15) is 4.80 Å².